The normalized spacial score (nSPS) is 21.0. The number of anilines is 1. The number of nitrogens with one attached hydrogen (secondary N) is 2. The van der Waals surface area contributed by atoms with Crippen molar-refractivity contribution in [3.63, 3.8) is 0 Å². The van der Waals surface area contributed by atoms with Crippen molar-refractivity contribution < 1.29 is 14.3 Å². The second-order valence-corrected chi connectivity index (χ2v) is 5.18. The number of amides is 2. The molecular weight excluding hydrogens is 270 g/mol. The summed E-state index contributed by atoms with van der Waals surface area (Å²) >= 11 is 0. The zero-order chi connectivity index (χ0) is 15.2. The van der Waals surface area contributed by atoms with Crippen molar-refractivity contribution in [1.29, 1.82) is 0 Å². The molecule has 6 nitrogen and oxygen atoms in total. The Bertz CT molecular complexity index is 501. The van der Waals surface area contributed by atoms with E-state index in [1.807, 2.05) is 0 Å². The number of benzene rings is 1. The molecule has 21 heavy (non-hydrogen) atoms. The maximum Gasteiger partial charge on any atom is 0.251 e. The van der Waals surface area contributed by atoms with Crippen LogP contribution in [0.1, 0.15) is 29.6 Å². The molecule has 1 aliphatic rings. The van der Waals surface area contributed by atoms with Crippen LogP contribution in [0.2, 0.25) is 0 Å². The fourth-order valence-corrected chi connectivity index (χ4v) is 2.53. The first-order chi connectivity index (χ1) is 10.1. The van der Waals surface area contributed by atoms with Gasteiger partial charge in [-0.25, -0.2) is 0 Å². The number of carbonyl (C=O) groups is 2. The molecule has 114 valence electrons. The molecule has 2 amide bonds. The van der Waals surface area contributed by atoms with Gasteiger partial charge in [0.25, 0.3) is 5.91 Å². The molecule has 0 saturated heterocycles. The summed E-state index contributed by atoms with van der Waals surface area (Å²) in [6, 6.07) is 6.59. The molecule has 0 aliphatic heterocycles. The van der Waals surface area contributed by atoms with Gasteiger partial charge in [-0.3, -0.25) is 9.59 Å². The standard InChI is InChI=1S/C15H21N3O3/c1-21-13-4-2-3-12(13)18-14(19)9-17-15(20)10-5-7-11(16)8-6-10/h5-8,12-13H,2-4,9,16H2,1H3,(H,17,20)(H,18,19). The highest BCUT2D eigenvalue weighted by Gasteiger charge is 2.28. The highest BCUT2D eigenvalue weighted by atomic mass is 16.5. The Labute approximate surface area is 124 Å². The van der Waals surface area contributed by atoms with Gasteiger partial charge in [-0.15, -0.1) is 0 Å². The van der Waals surface area contributed by atoms with Crippen molar-refractivity contribution >= 4 is 17.5 Å². The molecular formula is C15H21N3O3. The largest absolute Gasteiger partial charge is 0.399 e. The molecule has 2 rings (SSSR count). The average Bonchev–Trinajstić information content (AvgIpc) is 2.92. The zero-order valence-electron chi connectivity index (χ0n) is 12.1. The Morgan fingerprint density at radius 3 is 2.67 bits per heavy atom. The molecule has 0 spiro atoms. The molecule has 0 bridgehead atoms. The van der Waals surface area contributed by atoms with E-state index in [0.29, 0.717) is 11.3 Å². The van der Waals surface area contributed by atoms with Gasteiger partial charge in [-0.1, -0.05) is 0 Å². The van der Waals surface area contributed by atoms with Gasteiger partial charge >= 0.3 is 0 Å². The summed E-state index contributed by atoms with van der Waals surface area (Å²) in [4.78, 5) is 23.7. The third-order valence-electron chi connectivity index (χ3n) is 3.68. The molecule has 4 N–H and O–H groups in total. The van der Waals surface area contributed by atoms with E-state index in [4.69, 9.17) is 10.5 Å². The predicted octanol–water partition coefficient (Wildman–Crippen LogP) is 0.682. The third kappa shape index (κ3) is 4.19. The number of nitrogen functional groups attached to an aromatic ring is 1. The highest BCUT2D eigenvalue weighted by Crippen LogP contribution is 2.21. The van der Waals surface area contributed by atoms with E-state index in [9.17, 15) is 9.59 Å². The van der Waals surface area contributed by atoms with E-state index < -0.39 is 0 Å². The Kier molecular flexibility index (Phi) is 5.16. The lowest BCUT2D eigenvalue weighted by atomic mass is 10.2. The smallest absolute Gasteiger partial charge is 0.251 e. The molecule has 0 heterocycles. The van der Waals surface area contributed by atoms with Crippen LogP contribution >= 0.6 is 0 Å². The third-order valence-corrected chi connectivity index (χ3v) is 3.68. The van der Waals surface area contributed by atoms with Gasteiger partial charge in [0.15, 0.2) is 0 Å². The SMILES string of the molecule is COC1CCCC1NC(=O)CNC(=O)c1ccc(N)cc1. The number of rotatable bonds is 5. The highest BCUT2D eigenvalue weighted by molar-refractivity contribution is 5.96. The number of methoxy groups -OCH3 is 1. The van der Waals surface area contributed by atoms with Gasteiger partial charge in [0.1, 0.15) is 0 Å². The van der Waals surface area contributed by atoms with Crippen molar-refractivity contribution in [3.05, 3.63) is 29.8 Å². The molecule has 1 aliphatic carbocycles. The fraction of sp³-hybridized carbons (Fsp3) is 0.467. The number of hydrogen-bond donors (Lipinski definition) is 3. The minimum atomic E-state index is -0.292. The van der Waals surface area contributed by atoms with Gasteiger partial charge in [-0.2, -0.15) is 0 Å². The summed E-state index contributed by atoms with van der Waals surface area (Å²) < 4.78 is 5.32. The van der Waals surface area contributed by atoms with Crippen LogP contribution in [0, 0.1) is 0 Å². The van der Waals surface area contributed by atoms with Gasteiger partial charge in [-0.05, 0) is 43.5 Å². The lowest BCUT2D eigenvalue weighted by Gasteiger charge is -2.19. The number of nitrogens with two attached hydrogens (primary N) is 1. The number of hydrogen-bond acceptors (Lipinski definition) is 4. The van der Waals surface area contributed by atoms with Crippen molar-refractivity contribution in [2.75, 3.05) is 19.4 Å². The van der Waals surface area contributed by atoms with Crippen LogP contribution in [0.4, 0.5) is 5.69 Å². The van der Waals surface area contributed by atoms with Crippen molar-refractivity contribution in [2.24, 2.45) is 0 Å². The summed E-state index contributed by atoms with van der Waals surface area (Å²) in [6.07, 6.45) is 2.98. The molecule has 2 unspecified atom stereocenters. The van der Waals surface area contributed by atoms with Crippen molar-refractivity contribution in [2.45, 2.75) is 31.4 Å². The second kappa shape index (κ2) is 7.08. The molecule has 6 heteroatoms. The fourth-order valence-electron chi connectivity index (χ4n) is 2.53. The van der Waals surface area contributed by atoms with Crippen LogP contribution in [0.15, 0.2) is 24.3 Å². The molecule has 2 atom stereocenters. The lowest BCUT2D eigenvalue weighted by molar-refractivity contribution is -0.121. The van der Waals surface area contributed by atoms with Crippen LogP contribution in [0.25, 0.3) is 0 Å². The lowest BCUT2D eigenvalue weighted by Crippen LogP contribution is -2.45. The second-order valence-electron chi connectivity index (χ2n) is 5.18. The van der Waals surface area contributed by atoms with Gasteiger partial charge in [0.2, 0.25) is 5.91 Å². The first-order valence-corrected chi connectivity index (χ1v) is 7.06. The summed E-state index contributed by atoms with van der Waals surface area (Å²) in [7, 11) is 1.65. The maximum atomic E-state index is 11.9. The first kappa shape index (κ1) is 15.3. The van der Waals surface area contributed by atoms with Gasteiger partial charge < -0.3 is 21.1 Å². The van der Waals surface area contributed by atoms with E-state index in [0.717, 1.165) is 19.3 Å². The van der Waals surface area contributed by atoms with Crippen molar-refractivity contribution in [3.8, 4) is 0 Å². The summed E-state index contributed by atoms with van der Waals surface area (Å²) in [5.74, 6) is -0.493. The predicted molar refractivity (Wildman–Crippen MR) is 79.8 cm³/mol. The van der Waals surface area contributed by atoms with Crippen LogP contribution in [0.5, 0.6) is 0 Å². The Balaban J connectivity index is 1.78. The van der Waals surface area contributed by atoms with Crippen LogP contribution < -0.4 is 16.4 Å². The van der Waals surface area contributed by atoms with Crippen LogP contribution in [-0.2, 0) is 9.53 Å². The zero-order valence-corrected chi connectivity index (χ0v) is 12.1. The summed E-state index contributed by atoms with van der Waals surface area (Å²) in [5, 5.41) is 5.49. The minimum absolute atomic E-state index is 0.0379. The number of carbonyl (C=O) groups excluding carboxylic acids is 2. The van der Waals surface area contributed by atoms with E-state index in [-0.39, 0.29) is 30.5 Å². The monoisotopic (exact) mass is 291 g/mol. The van der Waals surface area contributed by atoms with Gasteiger partial charge in [0.05, 0.1) is 18.7 Å². The average molecular weight is 291 g/mol. The maximum absolute atomic E-state index is 11.9. The topological polar surface area (TPSA) is 93.5 Å². The molecule has 0 aromatic heterocycles. The molecule has 0 radical (unpaired) electrons. The summed E-state index contributed by atoms with van der Waals surface area (Å²) in [6.45, 7) is -0.0455. The summed E-state index contributed by atoms with van der Waals surface area (Å²) in [5.41, 5.74) is 6.63. The minimum Gasteiger partial charge on any atom is -0.399 e. The Morgan fingerprint density at radius 1 is 1.29 bits per heavy atom. The molecule has 1 saturated carbocycles. The number of ether oxygens (including phenoxy) is 1. The van der Waals surface area contributed by atoms with E-state index in [1.165, 1.54) is 0 Å². The van der Waals surface area contributed by atoms with E-state index in [1.54, 1.807) is 31.4 Å². The molecule has 1 aromatic carbocycles. The van der Waals surface area contributed by atoms with Crippen LogP contribution in [0.3, 0.4) is 0 Å². The molecule has 1 fully saturated rings. The Morgan fingerprint density at radius 2 is 2.00 bits per heavy atom. The van der Waals surface area contributed by atoms with Crippen molar-refractivity contribution in [1.82, 2.24) is 10.6 Å². The van der Waals surface area contributed by atoms with Crippen LogP contribution in [-0.4, -0.2) is 37.6 Å². The van der Waals surface area contributed by atoms with Gasteiger partial charge in [0, 0.05) is 18.4 Å². The van der Waals surface area contributed by atoms with E-state index in [2.05, 4.69) is 10.6 Å². The van der Waals surface area contributed by atoms with E-state index >= 15 is 0 Å². The quantitative estimate of drug-likeness (QED) is 0.696. The first-order valence-electron chi connectivity index (χ1n) is 7.06. The Hall–Kier alpha value is -2.08. The molecule has 1 aromatic rings.